The van der Waals surface area contributed by atoms with E-state index in [4.69, 9.17) is 9.84 Å². The van der Waals surface area contributed by atoms with Gasteiger partial charge >= 0.3 is 5.97 Å². The van der Waals surface area contributed by atoms with Gasteiger partial charge in [0.1, 0.15) is 5.75 Å². The van der Waals surface area contributed by atoms with Gasteiger partial charge < -0.3 is 14.9 Å². The number of ether oxygens (including phenoxy) is 1. The summed E-state index contributed by atoms with van der Waals surface area (Å²) in [5.41, 5.74) is 5.06. The molecule has 4 heteroatoms. The quantitative estimate of drug-likeness (QED) is 0.426. The number of methoxy groups -OCH3 is 1. The summed E-state index contributed by atoms with van der Waals surface area (Å²) in [5, 5.41) is 19.7. The lowest BCUT2D eigenvalue weighted by molar-refractivity contribution is -0.131. The maximum atomic E-state index is 10.9. The van der Waals surface area contributed by atoms with Crippen molar-refractivity contribution in [3.05, 3.63) is 76.9 Å². The number of allylic oxidation sites excluding steroid dienone is 1. The van der Waals surface area contributed by atoms with E-state index in [1.54, 1.807) is 13.2 Å². The molecule has 3 aliphatic carbocycles. The molecule has 36 heavy (non-hydrogen) atoms. The largest absolute Gasteiger partial charge is 0.497 e. The van der Waals surface area contributed by atoms with E-state index < -0.39 is 5.97 Å². The summed E-state index contributed by atoms with van der Waals surface area (Å²) in [5.74, 6) is 2.44. The molecule has 0 aliphatic heterocycles. The Morgan fingerprint density at radius 3 is 2.56 bits per heavy atom. The van der Waals surface area contributed by atoms with Crippen molar-refractivity contribution < 1.29 is 19.7 Å². The average Bonchev–Trinajstić information content (AvgIpc) is 3.19. The van der Waals surface area contributed by atoms with Crippen molar-refractivity contribution in [1.29, 1.82) is 0 Å². The minimum Gasteiger partial charge on any atom is -0.497 e. The van der Waals surface area contributed by atoms with Crippen LogP contribution < -0.4 is 4.74 Å². The molecule has 190 valence electrons. The van der Waals surface area contributed by atoms with E-state index in [0.29, 0.717) is 23.7 Å². The maximum absolute atomic E-state index is 10.9. The van der Waals surface area contributed by atoms with Gasteiger partial charge in [-0.3, -0.25) is 0 Å². The van der Waals surface area contributed by atoms with Crippen LogP contribution in [0.1, 0.15) is 73.6 Å². The van der Waals surface area contributed by atoms with E-state index >= 15 is 0 Å². The number of hydrogen-bond acceptors (Lipinski definition) is 3. The van der Waals surface area contributed by atoms with Crippen LogP contribution in [0.25, 0.3) is 12.2 Å². The summed E-state index contributed by atoms with van der Waals surface area (Å²) in [4.78, 5) is 10.7. The van der Waals surface area contributed by atoms with E-state index in [-0.39, 0.29) is 11.5 Å². The second-order valence-electron chi connectivity index (χ2n) is 11.3. The molecule has 2 saturated carbocycles. The fourth-order valence-corrected chi connectivity index (χ4v) is 7.56. The zero-order valence-electron chi connectivity index (χ0n) is 21.4. The molecule has 0 heterocycles. The fraction of sp³-hybridized carbons (Fsp3) is 0.469. The number of carbonyl (C=O) groups is 1. The standard InChI is InChI=1S/C32H38O4/c1-32-18-17-27-26-13-12-25(36-2)20-24(26)19-23(31(27)28(32)14-15-29(32)33)6-4-3-5-21-7-9-22(10-8-21)11-16-30(34)35/h3,5,7-13,16,20,23,27-29,31,33H,4,6,14-15,17-19H2,1-2H3,(H,34,35)/t23-,27-,28+,29+,31-,32+/m1/s1. The van der Waals surface area contributed by atoms with Crippen molar-refractivity contribution in [2.24, 2.45) is 23.2 Å². The highest BCUT2D eigenvalue weighted by molar-refractivity contribution is 5.85. The van der Waals surface area contributed by atoms with Gasteiger partial charge in [0, 0.05) is 6.08 Å². The minimum atomic E-state index is -0.935. The normalized spacial score (nSPS) is 31.2. The van der Waals surface area contributed by atoms with Crippen molar-refractivity contribution in [3.8, 4) is 5.75 Å². The van der Waals surface area contributed by atoms with Crippen LogP contribution in [0, 0.1) is 23.2 Å². The van der Waals surface area contributed by atoms with Crippen molar-refractivity contribution in [1.82, 2.24) is 0 Å². The number of rotatable bonds is 7. The number of hydrogen-bond donors (Lipinski definition) is 2. The van der Waals surface area contributed by atoms with Gasteiger partial charge in [0.25, 0.3) is 0 Å². The van der Waals surface area contributed by atoms with E-state index in [1.807, 2.05) is 24.3 Å². The molecule has 0 amide bonds. The van der Waals surface area contributed by atoms with Crippen LogP contribution in [0.3, 0.4) is 0 Å². The van der Waals surface area contributed by atoms with Crippen LogP contribution in [-0.4, -0.2) is 29.4 Å². The van der Waals surface area contributed by atoms with Gasteiger partial charge in [0.05, 0.1) is 13.2 Å². The smallest absolute Gasteiger partial charge is 0.328 e. The van der Waals surface area contributed by atoms with E-state index in [0.717, 1.165) is 61.5 Å². The summed E-state index contributed by atoms with van der Waals surface area (Å²) in [7, 11) is 1.75. The highest BCUT2D eigenvalue weighted by Crippen LogP contribution is 2.62. The number of aliphatic carboxylic acids is 1. The SMILES string of the molecule is COc1ccc2c(c1)C[C@@H](CCC=Cc1ccc(C=CC(=O)O)cc1)[C@@H]1[C@@H]2CC[C@]2(C)[C@@H](O)CC[C@@H]12. The van der Waals surface area contributed by atoms with E-state index in [2.05, 4.69) is 37.3 Å². The summed E-state index contributed by atoms with van der Waals surface area (Å²) in [6.07, 6.45) is 14.7. The average molecular weight is 487 g/mol. The third kappa shape index (κ3) is 4.76. The van der Waals surface area contributed by atoms with Crippen molar-refractivity contribution in [2.75, 3.05) is 7.11 Å². The minimum absolute atomic E-state index is 0.0655. The molecule has 3 aliphatic rings. The molecular formula is C32H38O4. The zero-order chi connectivity index (χ0) is 25.3. The number of fused-ring (bicyclic) bond motifs is 5. The van der Waals surface area contributed by atoms with E-state index in [9.17, 15) is 9.90 Å². The first kappa shape index (κ1) is 24.8. The maximum Gasteiger partial charge on any atom is 0.328 e. The Morgan fingerprint density at radius 1 is 1.08 bits per heavy atom. The molecule has 0 saturated heterocycles. The molecule has 5 rings (SSSR count). The number of carboxylic acids is 1. The molecule has 0 bridgehead atoms. The Balaban J connectivity index is 1.32. The first-order chi connectivity index (χ1) is 17.4. The summed E-state index contributed by atoms with van der Waals surface area (Å²) in [6.45, 7) is 2.35. The number of aliphatic hydroxyl groups is 1. The highest BCUT2D eigenvalue weighted by Gasteiger charge is 2.56. The van der Waals surface area contributed by atoms with Crippen LogP contribution in [-0.2, 0) is 11.2 Å². The van der Waals surface area contributed by atoms with Crippen LogP contribution in [0.4, 0.5) is 0 Å². The third-order valence-corrected chi connectivity index (χ3v) is 9.43. The van der Waals surface area contributed by atoms with Crippen molar-refractivity contribution in [3.63, 3.8) is 0 Å². The monoisotopic (exact) mass is 486 g/mol. The van der Waals surface area contributed by atoms with Gasteiger partial charge in [0.15, 0.2) is 0 Å². The van der Waals surface area contributed by atoms with Gasteiger partial charge in [-0.1, -0.05) is 49.4 Å². The summed E-state index contributed by atoms with van der Waals surface area (Å²) in [6, 6.07) is 14.6. The molecule has 2 fully saturated rings. The summed E-state index contributed by atoms with van der Waals surface area (Å²) >= 11 is 0. The van der Waals surface area contributed by atoms with Gasteiger partial charge in [0.2, 0.25) is 0 Å². The first-order valence-electron chi connectivity index (χ1n) is 13.4. The second-order valence-corrected chi connectivity index (χ2v) is 11.3. The predicted molar refractivity (Wildman–Crippen MR) is 144 cm³/mol. The molecule has 2 aromatic carbocycles. The molecule has 2 aromatic rings. The molecule has 2 N–H and O–H groups in total. The molecule has 4 nitrogen and oxygen atoms in total. The van der Waals surface area contributed by atoms with Crippen LogP contribution in [0.15, 0.2) is 54.6 Å². The van der Waals surface area contributed by atoms with Gasteiger partial charge in [-0.15, -0.1) is 0 Å². The topological polar surface area (TPSA) is 66.8 Å². The van der Waals surface area contributed by atoms with Crippen molar-refractivity contribution in [2.45, 2.75) is 63.9 Å². The van der Waals surface area contributed by atoms with Crippen LogP contribution in [0.5, 0.6) is 5.75 Å². The lowest BCUT2D eigenvalue weighted by atomic mass is 9.52. The highest BCUT2D eigenvalue weighted by atomic mass is 16.5. The Hall–Kier alpha value is -2.85. The zero-order valence-corrected chi connectivity index (χ0v) is 21.4. The predicted octanol–water partition coefficient (Wildman–Crippen LogP) is 6.73. The Bertz CT molecular complexity index is 1150. The van der Waals surface area contributed by atoms with Crippen molar-refractivity contribution >= 4 is 18.1 Å². The second kappa shape index (κ2) is 10.3. The first-order valence-corrected chi connectivity index (χ1v) is 13.4. The van der Waals surface area contributed by atoms with Crippen LogP contribution in [0.2, 0.25) is 0 Å². The third-order valence-electron chi connectivity index (χ3n) is 9.43. The Kier molecular flexibility index (Phi) is 7.07. The molecule has 0 radical (unpaired) electrons. The fourth-order valence-electron chi connectivity index (χ4n) is 7.56. The molecule has 0 spiro atoms. The Morgan fingerprint density at radius 2 is 1.83 bits per heavy atom. The Labute approximate surface area is 214 Å². The number of benzene rings is 2. The van der Waals surface area contributed by atoms with Crippen LogP contribution >= 0.6 is 0 Å². The van der Waals surface area contributed by atoms with Gasteiger partial charge in [-0.05, 0) is 114 Å². The number of aliphatic hydroxyl groups excluding tert-OH is 1. The van der Waals surface area contributed by atoms with E-state index in [1.165, 1.54) is 17.5 Å². The molecular weight excluding hydrogens is 448 g/mol. The van der Waals surface area contributed by atoms with Gasteiger partial charge in [-0.25, -0.2) is 4.79 Å². The number of carboxylic acid groups (broad SMARTS) is 1. The molecule has 6 atom stereocenters. The molecule has 0 unspecified atom stereocenters. The molecule has 0 aromatic heterocycles. The lowest BCUT2D eigenvalue weighted by Crippen LogP contribution is -2.47. The lowest BCUT2D eigenvalue weighted by Gasteiger charge is -2.53. The van der Waals surface area contributed by atoms with Gasteiger partial charge in [-0.2, -0.15) is 0 Å². The summed E-state index contributed by atoms with van der Waals surface area (Å²) < 4.78 is 5.56.